The van der Waals surface area contributed by atoms with Crippen molar-refractivity contribution in [1.82, 2.24) is 4.98 Å². The van der Waals surface area contributed by atoms with Gasteiger partial charge in [0, 0.05) is 17.4 Å². The molecule has 3 aromatic rings. The molecule has 2 N–H and O–H groups in total. The Bertz CT molecular complexity index is 816. The Labute approximate surface area is 130 Å². The van der Waals surface area contributed by atoms with Gasteiger partial charge in [-0.05, 0) is 47.2 Å². The van der Waals surface area contributed by atoms with Crippen LogP contribution in [0.5, 0.6) is 0 Å². The summed E-state index contributed by atoms with van der Waals surface area (Å²) in [6.07, 6.45) is 0. The number of nitrogens with zero attached hydrogens (tertiary/aromatic N) is 1. The fourth-order valence-electron chi connectivity index (χ4n) is 1.98. The zero-order valence-electron chi connectivity index (χ0n) is 11.2. The van der Waals surface area contributed by atoms with E-state index in [0.717, 1.165) is 11.1 Å². The van der Waals surface area contributed by atoms with Crippen molar-refractivity contribution in [1.29, 1.82) is 0 Å². The van der Waals surface area contributed by atoms with Crippen LogP contribution in [0.2, 0.25) is 5.02 Å². The van der Waals surface area contributed by atoms with Crippen LogP contribution in [0.15, 0.2) is 41.8 Å². The van der Waals surface area contributed by atoms with Crippen molar-refractivity contribution in [2.24, 2.45) is 0 Å². The summed E-state index contributed by atoms with van der Waals surface area (Å²) in [6.45, 7) is 0. The minimum Gasteiger partial charge on any atom is -0.373 e. The van der Waals surface area contributed by atoms with Crippen LogP contribution in [0.25, 0.3) is 10.1 Å². The lowest BCUT2D eigenvalue weighted by atomic mass is 10.2. The Morgan fingerprint density at radius 3 is 2.90 bits per heavy atom. The summed E-state index contributed by atoms with van der Waals surface area (Å²) < 4.78 is 1.18. The molecule has 0 saturated carbocycles. The smallest absolute Gasteiger partial charge is 0.275 e. The second kappa shape index (κ2) is 5.71. The predicted octanol–water partition coefficient (Wildman–Crippen LogP) is 4.24. The van der Waals surface area contributed by atoms with E-state index in [9.17, 15) is 4.79 Å². The topological polar surface area (TPSA) is 54.0 Å². The van der Waals surface area contributed by atoms with Gasteiger partial charge in [-0.2, -0.15) is 0 Å². The molecule has 106 valence electrons. The molecule has 4 nitrogen and oxygen atoms in total. The standard InChI is InChI=1S/C15H12ClN3OS/c1-17-13-5-3-11(16)14(19-13)15(20)18-10-2-4-12-9(8-10)6-7-21-12/h2-8H,1H3,(H,17,19)(H,18,20). The van der Waals surface area contributed by atoms with Gasteiger partial charge in [-0.3, -0.25) is 4.79 Å². The number of nitrogens with one attached hydrogen (secondary N) is 2. The molecule has 2 aromatic heterocycles. The van der Waals surface area contributed by atoms with Gasteiger partial charge >= 0.3 is 0 Å². The molecular weight excluding hydrogens is 306 g/mol. The molecule has 3 rings (SSSR count). The van der Waals surface area contributed by atoms with E-state index in [4.69, 9.17) is 11.6 Å². The molecule has 0 fully saturated rings. The van der Waals surface area contributed by atoms with Gasteiger partial charge < -0.3 is 10.6 Å². The Balaban J connectivity index is 1.88. The first-order valence-electron chi connectivity index (χ1n) is 6.30. The SMILES string of the molecule is CNc1ccc(Cl)c(C(=O)Nc2ccc3sccc3c2)n1. The molecule has 0 bridgehead atoms. The summed E-state index contributed by atoms with van der Waals surface area (Å²) in [5.41, 5.74) is 0.924. The summed E-state index contributed by atoms with van der Waals surface area (Å²) in [5, 5.41) is 9.15. The highest BCUT2D eigenvalue weighted by molar-refractivity contribution is 7.17. The Morgan fingerprint density at radius 1 is 1.24 bits per heavy atom. The number of benzene rings is 1. The number of rotatable bonds is 3. The Morgan fingerprint density at radius 2 is 2.10 bits per heavy atom. The molecule has 0 spiro atoms. The van der Waals surface area contributed by atoms with Crippen LogP contribution in [0.1, 0.15) is 10.5 Å². The van der Waals surface area contributed by atoms with Crippen LogP contribution in [0, 0.1) is 0 Å². The summed E-state index contributed by atoms with van der Waals surface area (Å²) in [5.74, 6) is 0.268. The van der Waals surface area contributed by atoms with Crippen molar-refractivity contribution in [3.63, 3.8) is 0 Å². The summed E-state index contributed by atoms with van der Waals surface area (Å²) in [6, 6.07) is 11.2. The van der Waals surface area contributed by atoms with E-state index in [0.29, 0.717) is 10.8 Å². The zero-order valence-corrected chi connectivity index (χ0v) is 12.8. The molecule has 6 heteroatoms. The number of amides is 1. The highest BCUT2D eigenvalue weighted by atomic mass is 35.5. The summed E-state index contributed by atoms with van der Waals surface area (Å²) >= 11 is 7.71. The third-order valence-corrected chi connectivity index (χ3v) is 4.23. The quantitative estimate of drug-likeness (QED) is 0.759. The molecular formula is C15H12ClN3OS. The highest BCUT2D eigenvalue weighted by Gasteiger charge is 2.13. The molecule has 0 aliphatic rings. The number of thiophene rings is 1. The molecule has 0 atom stereocenters. The number of carbonyl (C=O) groups is 1. The van der Waals surface area contributed by atoms with Crippen LogP contribution in [-0.4, -0.2) is 17.9 Å². The minimum absolute atomic E-state index is 0.203. The Hall–Kier alpha value is -2.11. The third kappa shape index (κ3) is 2.84. The number of anilines is 2. The van der Waals surface area contributed by atoms with Crippen molar-refractivity contribution >= 4 is 50.4 Å². The summed E-state index contributed by atoms with van der Waals surface area (Å²) in [7, 11) is 1.74. The first-order chi connectivity index (χ1) is 10.2. The monoisotopic (exact) mass is 317 g/mol. The van der Waals surface area contributed by atoms with Gasteiger partial charge in [-0.15, -0.1) is 11.3 Å². The lowest BCUT2D eigenvalue weighted by molar-refractivity contribution is 0.102. The number of halogens is 1. The molecule has 1 amide bonds. The van der Waals surface area contributed by atoms with Gasteiger partial charge in [0.2, 0.25) is 0 Å². The van der Waals surface area contributed by atoms with Gasteiger partial charge in [0.15, 0.2) is 0 Å². The first-order valence-corrected chi connectivity index (χ1v) is 7.56. The maximum Gasteiger partial charge on any atom is 0.275 e. The fourth-order valence-corrected chi connectivity index (χ4v) is 2.94. The number of fused-ring (bicyclic) bond motifs is 1. The van der Waals surface area contributed by atoms with Crippen LogP contribution in [0.3, 0.4) is 0 Å². The molecule has 0 radical (unpaired) electrons. The van der Waals surface area contributed by atoms with Crippen molar-refractivity contribution in [3.05, 3.63) is 52.5 Å². The van der Waals surface area contributed by atoms with Gasteiger partial charge in [0.05, 0.1) is 5.02 Å². The number of hydrogen-bond acceptors (Lipinski definition) is 4. The molecule has 0 unspecified atom stereocenters. The predicted molar refractivity (Wildman–Crippen MR) is 88.6 cm³/mol. The van der Waals surface area contributed by atoms with Gasteiger partial charge in [-0.1, -0.05) is 11.6 Å². The fraction of sp³-hybridized carbons (Fsp3) is 0.0667. The number of carbonyl (C=O) groups excluding carboxylic acids is 1. The molecule has 1 aromatic carbocycles. The average molecular weight is 318 g/mol. The molecule has 21 heavy (non-hydrogen) atoms. The van der Waals surface area contributed by atoms with E-state index in [1.165, 1.54) is 4.70 Å². The van der Waals surface area contributed by atoms with Crippen molar-refractivity contribution < 1.29 is 4.79 Å². The molecule has 0 aliphatic heterocycles. The largest absolute Gasteiger partial charge is 0.373 e. The Kier molecular flexibility index (Phi) is 3.77. The highest BCUT2D eigenvalue weighted by Crippen LogP contribution is 2.25. The maximum atomic E-state index is 12.3. The van der Waals surface area contributed by atoms with E-state index < -0.39 is 0 Å². The first kappa shape index (κ1) is 13.9. The van der Waals surface area contributed by atoms with Gasteiger partial charge in [0.1, 0.15) is 11.5 Å². The molecule has 2 heterocycles. The van der Waals surface area contributed by atoms with Crippen molar-refractivity contribution in [2.45, 2.75) is 0 Å². The number of aromatic nitrogens is 1. The zero-order chi connectivity index (χ0) is 14.8. The molecule has 0 saturated heterocycles. The van der Waals surface area contributed by atoms with E-state index in [2.05, 4.69) is 15.6 Å². The lowest BCUT2D eigenvalue weighted by Crippen LogP contribution is -2.15. The van der Waals surface area contributed by atoms with E-state index in [1.807, 2.05) is 29.6 Å². The van der Waals surface area contributed by atoms with Gasteiger partial charge in [0.25, 0.3) is 5.91 Å². The number of hydrogen-bond donors (Lipinski definition) is 2. The third-order valence-electron chi connectivity index (χ3n) is 3.03. The van der Waals surface area contributed by atoms with E-state index in [-0.39, 0.29) is 11.6 Å². The lowest BCUT2D eigenvalue weighted by Gasteiger charge is -2.08. The maximum absolute atomic E-state index is 12.3. The second-order valence-electron chi connectivity index (χ2n) is 4.40. The van der Waals surface area contributed by atoms with E-state index in [1.54, 1.807) is 30.5 Å². The minimum atomic E-state index is -0.327. The summed E-state index contributed by atoms with van der Waals surface area (Å²) in [4.78, 5) is 16.5. The van der Waals surface area contributed by atoms with Gasteiger partial charge in [-0.25, -0.2) is 4.98 Å². The van der Waals surface area contributed by atoms with E-state index >= 15 is 0 Å². The second-order valence-corrected chi connectivity index (χ2v) is 5.76. The normalized spacial score (nSPS) is 10.6. The van der Waals surface area contributed by atoms with Crippen molar-refractivity contribution in [3.8, 4) is 0 Å². The van der Waals surface area contributed by atoms with Crippen LogP contribution in [-0.2, 0) is 0 Å². The average Bonchev–Trinajstić information content (AvgIpc) is 2.95. The van der Waals surface area contributed by atoms with Crippen LogP contribution < -0.4 is 10.6 Å². The van der Waals surface area contributed by atoms with Crippen molar-refractivity contribution in [2.75, 3.05) is 17.7 Å². The number of pyridine rings is 1. The van der Waals surface area contributed by atoms with Crippen LogP contribution >= 0.6 is 22.9 Å². The molecule has 0 aliphatic carbocycles. The van der Waals surface area contributed by atoms with Crippen LogP contribution in [0.4, 0.5) is 11.5 Å².